The van der Waals surface area contributed by atoms with Gasteiger partial charge in [0.2, 0.25) is 5.91 Å². The van der Waals surface area contributed by atoms with Gasteiger partial charge in [-0.15, -0.1) is 0 Å². The van der Waals surface area contributed by atoms with Crippen molar-refractivity contribution in [3.8, 4) is 11.8 Å². The molecule has 1 aliphatic rings. The number of amides is 1. The third-order valence-corrected chi connectivity index (χ3v) is 2.95. The molecular formula is C13H18N4O. The molecule has 18 heavy (non-hydrogen) atoms. The van der Waals surface area contributed by atoms with Crippen LogP contribution in [0.15, 0.2) is 6.20 Å². The molecule has 2 N–H and O–H groups in total. The van der Waals surface area contributed by atoms with Crippen LogP contribution in [0.3, 0.4) is 0 Å². The maximum Gasteiger partial charge on any atom is 0.219 e. The first kappa shape index (κ1) is 12.7. The fraction of sp³-hybridized carbons (Fsp3) is 0.538. The van der Waals surface area contributed by atoms with Gasteiger partial charge in [0, 0.05) is 32.5 Å². The molecule has 1 aromatic rings. The summed E-state index contributed by atoms with van der Waals surface area (Å²) >= 11 is 0. The Morgan fingerprint density at radius 2 is 2.39 bits per heavy atom. The van der Waals surface area contributed by atoms with Crippen molar-refractivity contribution < 1.29 is 4.79 Å². The number of aromatic nitrogens is 2. The van der Waals surface area contributed by atoms with Crippen molar-refractivity contribution in [2.24, 2.45) is 5.73 Å². The number of carbonyl (C=O) groups excluding carboxylic acids is 1. The average molecular weight is 246 g/mol. The van der Waals surface area contributed by atoms with E-state index in [1.54, 1.807) is 18.0 Å². The molecule has 0 saturated heterocycles. The van der Waals surface area contributed by atoms with E-state index in [0.29, 0.717) is 13.0 Å². The van der Waals surface area contributed by atoms with E-state index in [1.807, 2.05) is 6.92 Å². The number of nitrogens with two attached hydrogens (primary N) is 1. The van der Waals surface area contributed by atoms with E-state index in [1.165, 1.54) is 0 Å². The molecule has 2 rings (SSSR count). The fourth-order valence-corrected chi connectivity index (χ4v) is 1.93. The predicted molar refractivity (Wildman–Crippen MR) is 68.5 cm³/mol. The minimum atomic E-state index is 0.0915. The molecule has 1 amide bonds. The van der Waals surface area contributed by atoms with E-state index >= 15 is 0 Å². The number of rotatable bonds is 1. The zero-order valence-corrected chi connectivity index (χ0v) is 10.8. The fourth-order valence-electron chi connectivity index (χ4n) is 1.93. The molecule has 0 bridgehead atoms. The second kappa shape index (κ2) is 5.23. The third-order valence-electron chi connectivity index (χ3n) is 2.95. The summed E-state index contributed by atoms with van der Waals surface area (Å²) in [5.74, 6) is 7.15. The van der Waals surface area contributed by atoms with Gasteiger partial charge in [-0.2, -0.15) is 0 Å². The Labute approximate surface area is 107 Å². The molecule has 1 atom stereocenters. The molecule has 0 aromatic carbocycles. The van der Waals surface area contributed by atoms with Crippen molar-refractivity contribution in [3.63, 3.8) is 0 Å². The summed E-state index contributed by atoms with van der Waals surface area (Å²) in [5, 5.41) is 0. The highest BCUT2D eigenvalue weighted by Gasteiger charge is 2.20. The smallest absolute Gasteiger partial charge is 0.219 e. The summed E-state index contributed by atoms with van der Waals surface area (Å²) in [6, 6.07) is 0.0921. The van der Waals surface area contributed by atoms with Crippen LogP contribution in [0, 0.1) is 11.8 Å². The lowest BCUT2D eigenvalue weighted by atomic mass is 10.2. The maximum atomic E-state index is 11.3. The molecule has 0 spiro atoms. The molecule has 0 unspecified atom stereocenters. The third kappa shape index (κ3) is 2.71. The van der Waals surface area contributed by atoms with Crippen molar-refractivity contribution >= 4 is 5.91 Å². The van der Waals surface area contributed by atoms with E-state index in [2.05, 4.69) is 21.4 Å². The first-order chi connectivity index (χ1) is 8.58. The highest BCUT2D eigenvalue weighted by atomic mass is 16.2. The highest BCUT2D eigenvalue weighted by molar-refractivity contribution is 5.73. The zero-order chi connectivity index (χ0) is 13.1. The van der Waals surface area contributed by atoms with Gasteiger partial charge in [0.25, 0.3) is 0 Å². The summed E-state index contributed by atoms with van der Waals surface area (Å²) < 4.78 is 2.08. The number of fused-ring (bicyclic) bond motifs is 1. The van der Waals surface area contributed by atoms with Crippen LogP contribution in [-0.4, -0.2) is 32.9 Å². The Balaban J connectivity index is 2.13. The van der Waals surface area contributed by atoms with Crippen LogP contribution < -0.4 is 5.73 Å². The zero-order valence-electron chi connectivity index (χ0n) is 10.8. The van der Waals surface area contributed by atoms with Gasteiger partial charge in [0.1, 0.15) is 11.5 Å². The Morgan fingerprint density at radius 1 is 1.61 bits per heavy atom. The SMILES string of the molecule is CC(=O)N1CCn2c(C#CC[C@H](C)N)cnc2C1. The number of imidazole rings is 1. The number of hydrogen-bond acceptors (Lipinski definition) is 3. The number of carbonyl (C=O) groups is 1. The summed E-state index contributed by atoms with van der Waals surface area (Å²) in [4.78, 5) is 17.4. The molecule has 0 aliphatic carbocycles. The monoisotopic (exact) mass is 246 g/mol. The molecule has 2 heterocycles. The lowest BCUT2D eigenvalue weighted by Crippen LogP contribution is -2.37. The van der Waals surface area contributed by atoms with Crippen LogP contribution >= 0.6 is 0 Å². The first-order valence-electron chi connectivity index (χ1n) is 6.12. The van der Waals surface area contributed by atoms with Gasteiger partial charge in [-0.05, 0) is 12.8 Å². The summed E-state index contributed by atoms with van der Waals surface area (Å²) in [6.07, 6.45) is 2.45. The highest BCUT2D eigenvalue weighted by Crippen LogP contribution is 2.13. The van der Waals surface area contributed by atoms with Crippen LogP contribution in [0.4, 0.5) is 0 Å². The number of hydrogen-bond donors (Lipinski definition) is 1. The van der Waals surface area contributed by atoms with Crippen LogP contribution in [0.25, 0.3) is 0 Å². The van der Waals surface area contributed by atoms with Crippen LogP contribution in [0.1, 0.15) is 31.8 Å². The molecule has 1 aromatic heterocycles. The lowest BCUT2D eigenvalue weighted by molar-refractivity contribution is -0.130. The van der Waals surface area contributed by atoms with Crippen LogP contribution in [-0.2, 0) is 17.9 Å². The maximum absolute atomic E-state index is 11.3. The summed E-state index contributed by atoms with van der Waals surface area (Å²) in [6.45, 7) is 5.58. The normalized spacial score (nSPS) is 15.6. The molecule has 5 heteroatoms. The summed E-state index contributed by atoms with van der Waals surface area (Å²) in [7, 11) is 0. The van der Waals surface area contributed by atoms with E-state index < -0.39 is 0 Å². The van der Waals surface area contributed by atoms with Gasteiger partial charge in [-0.3, -0.25) is 4.79 Å². The Bertz CT molecular complexity index is 507. The van der Waals surface area contributed by atoms with Gasteiger partial charge in [0.05, 0.1) is 12.7 Å². The molecule has 0 saturated carbocycles. The van der Waals surface area contributed by atoms with Gasteiger partial charge in [-0.25, -0.2) is 4.98 Å². The van der Waals surface area contributed by atoms with E-state index in [0.717, 1.165) is 24.6 Å². The molecule has 0 radical (unpaired) electrons. The Kier molecular flexibility index (Phi) is 3.68. The molecule has 1 aliphatic heterocycles. The molecule has 0 fully saturated rings. The van der Waals surface area contributed by atoms with Gasteiger partial charge >= 0.3 is 0 Å². The van der Waals surface area contributed by atoms with Crippen molar-refractivity contribution in [1.29, 1.82) is 0 Å². The quantitative estimate of drug-likeness (QED) is 0.726. The second-order valence-electron chi connectivity index (χ2n) is 4.64. The van der Waals surface area contributed by atoms with Gasteiger partial charge in [-0.1, -0.05) is 5.92 Å². The van der Waals surface area contributed by atoms with Crippen molar-refractivity contribution in [1.82, 2.24) is 14.5 Å². The lowest BCUT2D eigenvalue weighted by Gasteiger charge is -2.26. The minimum absolute atomic E-state index is 0.0915. The minimum Gasteiger partial charge on any atom is -0.334 e. The number of nitrogens with zero attached hydrogens (tertiary/aromatic N) is 3. The first-order valence-corrected chi connectivity index (χ1v) is 6.12. The topological polar surface area (TPSA) is 64.2 Å². The predicted octanol–water partition coefficient (Wildman–Crippen LogP) is 0.334. The van der Waals surface area contributed by atoms with Crippen molar-refractivity contribution in [2.45, 2.75) is 39.4 Å². The van der Waals surface area contributed by atoms with Crippen molar-refractivity contribution in [2.75, 3.05) is 6.54 Å². The molecular weight excluding hydrogens is 228 g/mol. The van der Waals surface area contributed by atoms with E-state index in [4.69, 9.17) is 5.73 Å². The average Bonchev–Trinajstić information content (AvgIpc) is 2.71. The van der Waals surface area contributed by atoms with Crippen molar-refractivity contribution in [3.05, 3.63) is 17.7 Å². The molecule has 5 nitrogen and oxygen atoms in total. The van der Waals surface area contributed by atoms with Crippen LogP contribution in [0.5, 0.6) is 0 Å². The van der Waals surface area contributed by atoms with E-state index in [-0.39, 0.29) is 11.9 Å². The standard InChI is InChI=1S/C13H18N4O/c1-10(14)4-3-5-12-8-15-13-9-16(11(2)18)6-7-17(12)13/h8,10H,4,6-7,9,14H2,1-2H3/t10-/m0/s1. The van der Waals surface area contributed by atoms with Crippen LogP contribution in [0.2, 0.25) is 0 Å². The largest absolute Gasteiger partial charge is 0.334 e. The molecule has 96 valence electrons. The second-order valence-corrected chi connectivity index (χ2v) is 4.64. The Morgan fingerprint density at radius 3 is 3.06 bits per heavy atom. The Hall–Kier alpha value is -1.80. The van der Waals surface area contributed by atoms with Gasteiger partial charge in [0.15, 0.2) is 0 Å². The summed E-state index contributed by atoms with van der Waals surface area (Å²) in [5.41, 5.74) is 6.56. The van der Waals surface area contributed by atoms with E-state index in [9.17, 15) is 4.79 Å². The van der Waals surface area contributed by atoms with Gasteiger partial charge < -0.3 is 15.2 Å².